The molecule has 8 heteroatoms. The maximum absolute atomic E-state index is 13.6. The van der Waals surface area contributed by atoms with Crippen LogP contribution in [-0.2, 0) is 22.6 Å². The molecule has 0 aromatic heterocycles. The van der Waals surface area contributed by atoms with Crippen LogP contribution >= 0.6 is 23.2 Å². The topological polar surface area (TPSA) is 67.9 Å². The van der Waals surface area contributed by atoms with Gasteiger partial charge in [-0.1, -0.05) is 66.5 Å². The van der Waals surface area contributed by atoms with Gasteiger partial charge in [-0.2, -0.15) is 0 Å². The monoisotopic (exact) mass is 542 g/mol. The van der Waals surface area contributed by atoms with E-state index in [0.717, 1.165) is 12.0 Å². The van der Waals surface area contributed by atoms with Gasteiger partial charge in [-0.15, -0.1) is 0 Å². The van der Waals surface area contributed by atoms with Crippen LogP contribution in [0.4, 0.5) is 0 Å². The lowest BCUT2D eigenvalue weighted by Gasteiger charge is -2.32. The maximum atomic E-state index is 13.6. The number of halogens is 2. The van der Waals surface area contributed by atoms with Gasteiger partial charge in [0.1, 0.15) is 17.5 Å². The first-order valence-electron chi connectivity index (χ1n) is 12.1. The van der Waals surface area contributed by atoms with Crippen LogP contribution in [0.5, 0.6) is 11.5 Å². The summed E-state index contributed by atoms with van der Waals surface area (Å²) in [5.41, 5.74) is 1.61. The number of carbonyl (C=O) groups excluding carboxylic acids is 2. The van der Waals surface area contributed by atoms with Crippen molar-refractivity contribution in [3.05, 3.63) is 94.0 Å². The lowest BCUT2D eigenvalue weighted by molar-refractivity contribution is -0.143. The normalized spacial score (nSPS) is 12.4. The number of nitrogens with zero attached hydrogens (tertiary/aromatic N) is 1. The Hall–Kier alpha value is -3.22. The molecule has 6 nitrogen and oxygen atoms in total. The molecule has 0 fully saturated rings. The average molecular weight is 543 g/mol. The Kier molecular flexibility index (Phi) is 10.7. The van der Waals surface area contributed by atoms with E-state index in [1.165, 1.54) is 4.90 Å². The van der Waals surface area contributed by atoms with E-state index in [1.54, 1.807) is 49.6 Å². The minimum absolute atomic E-state index is 0.0441. The van der Waals surface area contributed by atoms with E-state index < -0.39 is 6.04 Å². The van der Waals surface area contributed by atoms with Crippen molar-refractivity contribution < 1.29 is 19.1 Å². The third-order valence-electron chi connectivity index (χ3n) is 6.05. The van der Waals surface area contributed by atoms with Crippen molar-refractivity contribution in [1.29, 1.82) is 0 Å². The predicted octanol–water partition coefficient (Wildman–Crippen LogP) is 5.94. The predicted molar refractivity (Wildman–Crippen MR) is 147 cm³/mol. The summed E-state index contributed by atoms with van der Waals surface area (Å²) in [4.78, 5) is 28.7. The highest BCUT2D eigenvalue weighted by atomic mass is 35.5. The summed E-state index contributed by atoms with van der Waals surface area (Å²) in [6.07, 6.45) is 1.10. The van der Waals surface area contributed by atoms with Gasteiger partial charge < -0.3 is 19.7 Å². The molecule has 0 bridgehead atoms. The Morgan fingerprint density at radius 2 is 1.65 bits per heavy atom. The number of ether oxygens (including phenoxy) is 2. The zero-order valence-electron chi connectivity index (χ0n) is 21.2. The van der Waals surface area contributed by atoms with Gasteiger partial charge in [0, 0.05) is 29.1 Å². The molecule has 1 N–H and O–H groups in total. The Bertz CT molecular complexity index is 1170. The number of nitrogens with one attached hydrogen (secondary N) is 1. The second kappa shape index (κ2) is 13.9. The van der Waals surface area contributed by atoms with E-state index in [1.807, 2.05) is 44.2 Å². The van der Waals surface area contributed by atoms with Gasteiger partial charge in [-0.05, 0) is 60.9 Å². The van der Waals surface area contributed by atoms with Crippen molar-refractivity contribution in [2.45, 2.75) is 45.3 Å². The van der Waals surface area contributed by atoms with E-state index in [0.29, 0.717) is 33.5 Å². The van der Waals surface area contributed by atoms with Crippen LogP contribution < -0.4 is 14.8 Å². The Balaban J connectivity index is 1.92. The van der Waals surface area contributed by atoms with E-state index >= 15 is 0 Å². The third kappa shape index (κ3) is 8.41. The molecule has 37 heavy (non-hydrogen) atoms. The fraction of sp³-hybridized carbons (Fsp3) is 0.310. The quantitative estimate of drug-likeness (QED) is 0.307. The van der Waals surface area contributed by atoms with Crippen molar-refractivity contribution in [2.75, 3.05) is 13.7 Å². The Morgan fingerprint density at radius 3 is 2.27 bits per heavy atom. The Morgan fingerprint density at radius 1 is 0.973 bits per heavy atom. The fourth-order valence-corrected chi connectivity index (χ4v) is 4.20. The number of methoxy groups -OCH3 is 1. The molecule has 0 aliphatic carbocycles. The Labute approximate surface area is 228 Å². The highest BCUT2D eigenvalue weighted by Gasteiger charge is 2.31. The van der Waals surface area contributed by atoms with Crippen LogP contribution in [0.25, 0.3) is 0 Å². The second-order valence-corrected chi connectivity index (χ2v) is 9.59. The van der Waals surface area contributed by atoms with Crippen LogP contribution in [0.2, 0.25) is 10.0 Å². The summed E-state index contributed by atoms with van der Waals surface area (Å²) in [5, 5.41) is 3.95. The number of hydrogen-bond donors (Lipinski definition) is 1. The van der Waals surface area contributed by atoms with Crippen LogP contribution in [0, 0.1) is 0 Å². The molecule has 2 amide bonds. The van der Waals surface area contributed by atoms with Gasteiger partial charge in [-0.3, -0.25) is 9.59 Å². The van der Waals surface area contributed by atoms with Crippen LogP contribution in [0.3, 0.4) is 0 Å². The third-order valence-corrected chi connectivity index (χ3v) is 6.64. The molecule has 0 heterocycles. The molecule has 0 saturated carbocycles. The van der Waals surface area contributed by atoms with Crippen molar-refractivity contribution in [2.24, 2.45) is 0 Å². The minimum atomic E-state index is -0.782. The van der Waals surface area contributed by atoms with Gasteiger partial charge in [0.2, 0.25) is 5.91 Å². The molecule has 3 aromatic rings. The lowest BCUT2D eigenvalue weighted by Crippen LogP contribution is -2.53. The largest absolute Gasteiger partial charge is 0.497 e. The number of carbonyl (C=O) groups is 2. The molecule has 2 atom stereocenters. The minimum Gasteiger partial charge on any atom is -0.497 e. The number of rotatable bonds is 12. The SMILES string of the molecule is CCC(C)NC(=O)C(Cc1ccccc1)N(Cc1ccc(Cl)cc1Cl)C(=O)COc1ccc(OC)cc1. The molecular weight excluding hydrogens is 511 g/mol. The van der Waals surface area contributed by atoms with Crippen LogP contribution in [0.15, 0.2) is 72.8 Å². The molecular formula is C29H32Cl2N2O4. The summed E-state index contributed by atoms with van der Waals surface area (Å²) in [5.74, 6) is 0.618. The first-order chi connectivity index (χ1) is 17.8. The van der Waals surface area contributed by atoms with Gasteiger partial charge in [0.15, 0.2) is 6.61 Å². The van der Waals surface area contributed by atoms with E-state index in [-0.39, 0.29) is 31.0 Å². The molecule has 0 saturated heterocycles. The molecule has 3 rings (SSSR count). The molecule has 0 spiro atoms. The highest BCUT2D eigenvalue weighted by molar-refractivity contribution is 6.35. The number of benzene rings is 3. The summed E-state index contributed by atoms with van der Waals surface area (Å²) >= 11 is 12.6. The first-order valence-corrected chi connectivity index (χ1v) is 12.9. The van der Waals surface area contributed by atoms with Crippen LogP contribution in [-0.4, -0.2) is 42.5 Å². The van der Waals surface area contributed by atoms with Crippen molar-refractivity contribution >= 4 is 35.0 Å². The maximum Gasteiger partial charge on any atom is 0.261 e. The van der Waals surface area contributed by atoms with Gasteiger partial charge in [0.05, 0.1) is 7.11 Å². The van der Waals surface area contributed by atoms with E-state index in [9.17, 15) is 9.59 Å². The molecule has 3 aromatic carbocycles. The molecule has 196 valence electrons. The average Bonchev–Trinajstić information content (AvgIpc) is 2.91. The van der Waals surface area contributed by atoms with Gasteiger partial charge in [0.25, 0.3) is 5.91 Å². The summed E-state index contributed by atoms with van der Waals surface area (Å²) in [7, 11) is 1.58. The smallest absolute Gasteiger partial charge is 0.261 e. The summed E-state index contributed by atoms with van der Waals surface area (Å²) in [6.45, 7) is 3.80. The second-order valence-electron chi connectivity index (χ2n) is 8.74. The standard InChI is InChI=1S/C29H32Cl2N2O4/c1-4-20(2)32-29(35)27(16-21-8-6-5-7-9-21)33(18-22-10-11-23(30)17-26(22)31)28(34)19-37-25-14-12-24(36-3)13-15-25/h5-15,17,20,27H,4,16,18-19H2,1-3H3,(H,32,35). The zero-order valence-corrected chi connectivity index (χ0v) is 22.8. The molecule has 2 unspecified atom stereocenters. The van der Waals surface area contributed by atoms with Crippen molar-refractivity contribution in [1.82, 2.24) is 10.2 Å². The fourth-order valence-electron chi connectivity index (χ4n) is 3.73. The summed E-state index contributed by atoms with van der Waals surface area (Å²) < 4.78 is 11.0. The zero-order chi connectivity index (χ0) is 26.8. The number of amides is 2. The lowest BCUT2D eigenvalue weighted by atomic mass is 10.0. The van der Waals surface area contributed by atoms with Crippen molar-refractivity contribution in [3.63, 3.8) is 0 Å². The first kappa shape index (κ1) is 28.4. The van der Waals surface area contributed by atoms with E-state index in [2.05, 4.69) is 5.32 Å². The van der Waals surface area contributed by atoms with Gasteiger partial charge >= 0.3 is 0 Å². The molecule has 0 aliphatic rings. The number of hydrogen-bond acceptors (Lipinski definition) is 4. The highest BCUT2D eigenvalue weighted by Crippen LogP contribution is 2.24. The molecule has 0 radical (unpaired) electrons. The van der Waals surface area contributed by atoms with Gasteiger partial charge in [-0.25, -0.2) is 0 Å². The van der Waals surface area contributed by atoms with Crippen LogP contribution in [0.1, 0.15) is 31.4 Å². The summed E-state index contributed by atoms with van der Waals surface area (Å²) in [6, 6.07) is 20.8. The van der Waals surface area contributed by atoms with E-state index in [4.69, 9.17) is 32.7 Å². The van der Waals surface area contributed by atoms with Crippen molar-refractivity contribution in [3.8, 4) is 11.5 Å². The molecule has 0 aliphatic heterocycles.